The van der Waals surface area contributed by atoms with Gasteiger partial charge < -0.3 is 19.7 Å². The Morgan fingerprint density at radius 1 is 1.12 bits per heavy atom. The molecule has 1 saturated heterocycles. The van der Waals surface area contributed by atoms with Crippen molar-refractivity contribution in [2.24, 2.45) is 0 Å². The van der Waals surface area contributed by atoms with E-state index in [1.54, 1.807) is 37.4 Å². The fourth-order valence-electron chi connectivity index (χ4n) is 3.88. The number of H-pyrrole nitrogens is 1. The summed E-state index contributed by atoms with van der Waals surface area (Å²) in [6.07, 6.45) is 1.98. The number of methoxy groups -OCH3 is 1. The van der Waals surface area contributed by atoms with Gasteiger partial charge in [0.05, 0.1) is 36.2 Å². The van der Waals surface area contributed by atoms with Crippen molar-refractivity contribution >= 4 is 40.4 Å². The van der Waals surface area contributed by atoms with E-state index >= 15 is 0 Å². The Bertz CT molecular complexity index is 1040. The number of carboxylic acid groups (broad SMARTS) is 1. The molecule has 0 spiro atoms. The van der Waals surface area contributed by atoms with Crippen molar-refractivity contribution in [2.75, 3.05) is 33.3 Å². The summed E-state index contributed by atoms with van der Waals surface area (Å²) in [6.45, 7) is 6.18. The number of hydrogen-bond donors (Lipinski definition) is 2. The highest BCUT2D eigenvalue weighted by atomic mass is 16.5. The number of benzene rings is 2. The summed E-state index contributed by atoms with van der Waals surface area (Å²) in [4.78, 5) is 17.8. The fourth-order valence-corrected chi connectivity index (χ4v) is 3.88. The zero-order valence-electron chi connectivity index (χ0n) is 18.5. The molecular formula is C23H26B3N3O3. The van der Waals surface area contributed by atoms with Crippen molar-refractivity contribution in [2.45, 2.75) is 18.7 Å². The molecule has 9 heteroatoms. The first kappa shape index (κ1) is 24.0. The second-order valence-corrected chi connectivity index (χ2v) is 7.96. The third-order valence-electron chi connectivity index (χ3n) is 5.65. The smallest absolute Gasteiger partial charge is 0.335 e. The van der Waals surface area contributed by atoms with Crippen LogP contribution in [0.25, 0.3) is 10.9 Å². The normalized spacial score (nSPS) is 15.2. The third-order valence-corrected chi connectivity index (χ3v) is 5.65. The van der Waals surface area contributed by atoms with Crippen LogP contribution in [0.15, 0.2) is 48.7 Å². The molecule has 2 N–H and O–H groups in total. The first-order chi connectivity index (χ1) is 15.2. The van der Waals surface area contributed by atoms with Gasteiger partial charge in [0.15, 0.2) is 0 Å². The van der Waals surface area contributed by atoms with E-state index in [0.717, 1.165) is 38.5 Å². The molecular weight excluding hydrogens is 399 g/mol. The number of aromatic carboxylic acids is 1. The van der Waals surface area contributed by atoms with Crippen molar-refractivity contribution in [1.29, 1.82) is 0 Å². The first-order valence-corrected chi connectivity index (χ1v) is 10.5. The molecule has 32 heavy (non-hydrogen) atoms. The van der Waals surface area contributed by atoms with Gasteiger partial charge in [-0.2, -0.15) is 0 Å². The second-order valence-electron chi connectivity index (χ2n) is 7.96. The van der Waals surface area contributed by atoms with E-state index in [1.807, 2.05) is 11.1 Å². The molecule has 1 fully saturated rings. The molecule has 1 aromatic heterocycles. The molecule has 2 aromatic carbocycles. The van der Waals surface area contributed by atoms with E-state index < -0.39 is 11.2 Å². The number of carboxylic acids is 1. The highest BCUT2D eigenvalue weighted by molar-refractivity contribution is 6.59. The number of fused-ring (bicyclic) bond motifs is 1. The molecule has 3 aromatic rings. The Balaban J connectivity index is 0.000000269. The lowest BCUT2D eigenvalue weighted by Gasteiger charge is -2.43. The SMILES string of the molecule is O=C(O)c1ccccc1.[B]C([B])([B])N1CCN(Cc2c(OC)cc(C)c3[nH]ccc23)CC1. The monoisotopic (exact) mass is 425 g/mol. The molecule has 0 atom stereocenters. The molecule has 0 aliphatic carbocycles. The number of nitrogens with one attached hydrogen (secondary N) is 1. The van der Waals surface area contributed by atoms with Gasteiger partial charge in [-0.3, -0.25) is 4.90 Å². The van der Waals surface area contributed by atoms with Gasteiger partial charge in [-0.25, -0.2) is 4.79 Å². The zero-order chi connectivity index (χ0) is 23.3. The van der Waals surface area contributed by atoms with Crippen molar-refractivity contribution < 1.29 is 14.6 Å². The summed E-state index contributed by atoms with van der Waals surface area (Å²) in [5.41, 5.74) is 3.90. The number of rotatable bonds is 5. The van der Waals surface area contributed by atoms with E-state index in [0.29, 0.717) is 5.56 Å². The predicted octanol–water partition coefficient (Wildman–Crippen LogP) is 2.10. The first-order valence-electron chi connectivity index (χ1n) is 10.5. The Morgan fingerprint density at radius 3 is 2.31 bits per heavy atom. The predicted molar refractivity (Wildman–Crippen MR) is 130 cm³/mol. The van der Waals surface area contributed by atoms with Crippen LogP contribution in [0.1, 0.15) is 21.5 Å². The summed E-state index contributed by atoms with van der Waals surface area (Å²) in [6, 6.07) is 12.5. The minimum Gasteiger partial charge on any atom is -0.496 e. The summed E-state index contributed by atoms with van der Waals surface area (Å²) in [5, 5.41) is 8.37. The van der Waals surface area contributed by atoms with Gasteiger partial charge in [0.25, 0.3) is 0 Å². The molecule has 160 valence electrons. The highest BCUT2D eigenvalue weighted by Crippen LogP contribution is 2.31. The van der Waals surface area contributed by atoms with E-state index in [-0.39, 0.29) is 0 Å². The quantitative estimate of drug-likeness (QED) is 0.614. The average Bonchev–Trinajstić information content (AvgIpc) is 3.27. The summed E-state index contributed by atoms with van der Waals surface area (Å²) in [5.74, 6) is 0.0541. The maximum Gasteiger partial charge on any atom is 0.335 e. The zero-order valence-corrected chi connectivity index (χ0v) is 18.5. The van der Waals surface area contributed by atoms with Crippen LogP contribution in [0.2, 0.25) is 0 Å². The van der Waals surface area contributed by atoms with Crippen molar-refractivity contribution in [3.8, 4) is 5.75 Å². The second kappa shape index (κ2) is 10.3. The van der Waals surface area contributed by atoms with Gasteiger partial charge in [-0.15, -0.1) is 0 Å². The molecule has 6 nitrogen and oxygen atoms in total. The van der Waals surface area contributed by atoms with Gasteiger partial charge in [-0.05, 0) is 36.8 Å². The van der Waals surface area contributed by atoms with E-state index in [2.05, 4.69) is 28.9 Å². The van der Waals surface area contributed by atoms with Gasteiger partial charge in [0.2, 0.25) is 0 Å². The molecule has 0 bridgehead atoms. The number of aromatic amines is 1. The Labute approximate surface area is 193 Å². The van der Waals surface area contributed by atoms with Gasteiger partial charge in [0, 0.05) is 55.4 Å². The summed E-state index contributed by atoms with van der Waals surface area (Å²) in [7, 11) is 19.0. The van der Waals surface area contributed by atoms with Crippen molar-refractivity contribution in [3.05, 3.63) is 65.4 Å². The lowest BCUT2D eigenvalue weighted by molar-refractivity contribution is 0.0697. The van der Waals surface area contributed by atoms with Crippen molar-refractivity contribution in [3.63, 3.8) is 0 Å². The molecule has 0 saturated carbocycles. The van der Waals surface area contributed by atoms with Crippen LogP contribution in [0.4, 0.5) is 0 Å². The van der Waals surface area contributed by atoms with Crippen LogP contribution in [0, 0.1) is 6.92 Å². The average molecular weight is 425 g/mol. The van der Waals surface area contributed by atoms with Crippen LogP contribution in [-0.2, 0) is 6.54 Å². The summed E-state index contributed by atoms with van der Waals surface area (Å²) >= 11 is 0. The van der Waals surface area contributed by atoms with Crippen LogP contribution in [0.5, 0.6) is 5.75 Å². The Hall–Kier alpha value is -2.64. The molecule has 1 aliphatic heterocycles. The van der Waals surface area contributed by atoms with E-state index in [9.17, 15) is 4.79 Å². The van der Waals surface area contributed by atoms with Crippen LogP contribution < -0.4 is 4.74 Å². The van der Waals surface area contributed by atoms with Crippen molar-refractivity contribution in [1.82, 2.24) is 14.8 Å². The molecule has 0 unspecified atom stereocenters. The Kier molecular flexibility index (Phi) is 7.75. The maximum atomic E-state index is 10.2. The Morgan fingerprint density at radius 2 is 1.78 bits per heavy atom. The van der Waals surface area contributed by atoms with Crippen LogP contribution in [0.3, 0.4) is 0 Å². The van der Waals surface area contributed by atoms with Crippen LogP contribution >= 0.6 is 0 Å². The number of ether oxygens (including phenoxy) is 1. The lowest BCUT2D eigenvalue weighted by atomic mass is 9.48. The highest BCUT2D eigenvalue weighted by Gasteiger charge is 2.25. The molecule has 2 heterocycles. The van der Waals surface area contributed by atoms with Gasteiger partial charge >= 0.3 is 5.97 Å². The standard InChI is InChI=1S/C16H20B3N3O.C7H6O2/c1-11-9-14(23-2)13(12-3-4-20-15(11)12)10-21-5-7-22(8-6-21)16(17,18)19;8-7(9)6-4-2-1-3-5-6/h3-4,9,20H,5-8,10H2,1-2H3;1-5H,(H,8,9). The summed E-state index contributed by atoms with van der Waals surface area (Å²) < 4.78 is 5.61. The molecule has 0 amide bonds. The molecule has 4 rings (SSSR count). The third kappa shape index (κ3) is 5.78. The number of nitrogens with zero attached hydrogens (tertiary/aromatic N) is 2. The number of carbonyl (C=O) groups is 1. The largest absolute Gasteiger partial charge is 0.496 e. The lowest BCUT2D eigenvalue weighted by Crippen LogP contribution is -2.58. The number of hydrogen-bond acceptors (Lipinski definition) is 4. The number of aryl methyl sites for hydroxylation is 1. The fraction of sp³-hybridized carbons (Fsp3) is 0.348. The van der Waals surface area contributed by atoms with Gasteiger partial charge in [-0.1, -0.05) is 23.4 Å². The molecule has 6 radical (unpaired) electrons. The minimum absolute atomic E-state index is 0.331. The topological polar surface area (TPSA) is 68.8 Å². The molecule has 1 aliphatic rings. The maximum absolute atomic E-state index is 10.2. The van der Waals surface area contributed by atoms with E-state index in [4.69, 9.17) is 33.4 Å². The number of piperazine rings is 1. The van der Waals surface area contributed by atoms with Crippen LogP contribution in [-0.4, -0.2) is 87.9 Å². The minimum atomic E-state index is -1.23. The van der Waals surface area contributed by atoms with E-state index in [1.165, 1.54) is 22.0 Å². The number of aromatic nitrogens is 1. The van der Waals surface area contributed by atoms with Gasteiger partial charge in [0.1, 0.15) is 5.75 Å².